The molecule has 8 heteroatoms. The lowest BCUT2D eigenvalue weighted by atomic mass is 10.0. The maximum absolute atomic E-state index is 13.4. The van der Waals surface area contributed by atoms with Gasteiger partial charge in [0.25, 0.3) is 5.69 Å². The molecule has 2 rings (SSSR count). The molecule has 0 aliphatic carbocycles. The van der Waals surface area contributed by atoms with Crippen LogP contribution in [0.15, 0.2) is 48.5 Å². The van der Waals surface area contributed by atoms with Crippen molar-refractivity contribution in [1.29, 1.82) is 0 Å². The number of hydrogen-bond donors (Lipinski definition) is 1. The molecule has 0 fully saturated rings. The van der Waals surface area contributed by atoms with Gasteiger partial charge in [-0.1, -0.05) is 44.2 Å². The van der Waals surface area contributed by atoms with Crippen molar-refractivity contribution in [2.75, 3.05) is 7.11 Å². The van der Waals surface area contributed by atoms with Gasteiger partial charge in [-0.3, -0.25) is 19.7 Å². The molecular weight excluding hydrogens is 410 g/mol. The number of benzene rings is 2. The summed E-state index contributed by atoms with van der Waals surface area (Å²) in [5.41, 5.74) is 1.00. The molecule has 8 nitrogen and oxygen atoms in total. The molecule has 0 aliphatic heterocycles. The number of ether oxygens (including phenoxy) is 1. The molecule has 172 valence electrons. The van der Waals surface area contributed by atoms with Crippen LogP contribution >= 0.6 is 0 Å². The zero-order chi connectivity index (χ0) is 23.7. The molecule has 2 amide bonds. The van der Waals surface area contributed by atoms with Crippen molar-refractivity contribution < 1.29 is 19.2 Å². The number of hydrogen-bond acceptors (Lipinski definition) is 5. The number of carbonyl (C=O) groups is 2. The third-order valence-electron chi connectivity index (χ3n) is 5.40. The minimum Gasteiger partial charge on any atom is -0.497 e. The lowest BCUT2D eigenvalue weighted by Crippen LogP contribution is -2.51. The second kappa shape index (κ2) is 11.8. The van der Waals surface area contributed by atoms with Gasteiger partial charge < -0.3 is 15.0 Å². The minimum atomic E-state index is -0.703. The van der Waals surface area contributed by atoms with Crippen LogP contribution in [-0.2, 0) is 22.6 Å². The van der Waals surface area contributed by atoms with Gasteiger partial charge in [0.05, 0.1) is 18.5 Å². The van der Waals surface area contributed by atoms with E-state index in [0.717, 1.165) is 12.0 Å². The van der Waals surface area contributed by atoms with Crippen LogP contribution in [0, 0.1) is 10.1 Å². The maximum Gasteiger partial charge on any atom is 0.273 e. The van der Waals surface area contributed by atoms with Gasteiger partial charge >= 0.3 is 0 Å². The summed E-state index contributed by atoms with van der Waals surface area (Å²) >= 11 is 0. The SMILES string of the molecule is CC[C@@H](C)NC(=O)[C@H](CC)N(Cc1cccc(OC)c1)C(=O)Cc1ccccc1[N+](=O)[O-]. The number of nitro benzene ring substituents is 1. The third-order valence-corrected chi connectivity index (χ3v) is 5.40. The Labute approximate surface area is 188 Å². The molecule has 0 heterocycles. The van der Waals surface area contributed by atoms with Gasteiger partial charge in [-0.05, 0) is 37.5 Å². The lowest BCUT2D eigenvalue weighted by Gasteiger charge is -2.31. The first-order valence-electron chi connectivity index (χ1n) is 10.8. The van der Waals surface area contributed by atoms with Crippen molar-refractivity contribution in [3.05, 3.63) is 69.8 Å². The average Bonchev–Trinajstić information content (AvgIpc) is 2.79. The molecule has 0 spiro atoms. The van der Waals surface area contributed by atoms with Crippen LogP contribution in [0.4, 0.5) is 5.69 Å². The second-order valence-corrected chi connectivity index (χ2v) is 7.68. The van der Waals surface area contributed by atoms with Gasteiger partial charge in [-0.25, -0.2) is 0 Å². The zero-order valence-electron chi connectivity index (χ0n) is 19.0. The summed E-state index contributed by atoms with van der Waals surface area (Å²) < 4.78 is 5.28. The number of nitrogens with zero attached hydrogens (tertiary/aromatic N) is 2. The first kappa shape index (κ1) is 24.8. The number of rotatable bonds is 11. The summed E-state index contributed by atoms with van der Waals surface area (Å²) in [4.78, 5) is 38.8. The fourth-order valence-electron chi connectivity index (χ4n) is 3.43. The Hall–Kier alpha value is -3.42. The van der Waals surface area contributed by atoms with Crippen LogP contribution in [0.2, 0.25) is 0 Å². The Kier molecular flexibility index (Phi) is 9.19. The fourth-order valence-corrected chi connectivity index (χ4v) is 3.43. The van der Waals surface area contributed by atoms with Gasteiger partial charge in [-0.2, -0.15) is 0 Å². The summed E-state index contributed by atoms with van der Waals surface area (Å²) in [7, 11) is 1.56. The molecule has 0 aromatic heterocycles. The van der Waals surface area contributed by atoms with Gasteiger partial charge in [-0.15, -0.1) is 0 Å². The van der Waals surface area contributed by atoms with E-state index in [1.165, 1.54) is 11.0 Å². The van der Waals surface area contributed by atoms with E-state index in [-0.39, 0.29) is 36.5 Å². The lowest BCUT2D eigenvalue weighted by molar-refractivity contribution is -0.385. The number of nitro groups is 1. The molecule has 0 bridgehead atoms. The topological polar surface area (TPSA) is 102 Å². The Morgan fingerprint density at radius 3 is 2.47 bits per heavy atom. The molecule has 0 radical (unpaired) electrons. The molecular formula is C24H31N3O5. The number of amides is 2. The first-order valence-corrected chi connectivity index (χ1v) is 10.8. The molecule has 2 aromatic carbocycles. The molecule has 0 saturated carbocycles. The van der Waals surface area contributed by atoms with Crippen molar-refractivity contribution in [2.24, 2.45) is 0 Å². The van der Waals surface area contributed by atoms with E-state index >= 15 is 0 Å². The molecule has 1 N–H and O–H groups in total. The molecule has 32 heavy (non-hydrogen) atoms. The zero-order valence-corrected chi connectivity index (χ0v) is 19.0. The summed E-state index contributed by atoms with van der Waals surface area (Å²) in [5, 5.41) is 14.3. The molecule has 0 aliphatic rings. The van der Waals surface area contributed by atoms with E-state index in [1.54, 1.807) is 31.4 Å². The van der Waals surface area contributed by atoms with Crippen LogP contribution in [0.3, 0.4) is 0 Å². The Morgan fingerprint density at radius 2 is 1.84 bits per heavy atom. The average molecular weight is 442 g/mol. The predicted molar refractivity (Wildman–Crippen MR) is 122 cm³/mol. The van der Waals surface area contributed by atoms with E-state index < -0.39 is 11.0 Å². The predicted octanol–water partition coefficient (Wildman–Crippen LogP) is 3.87. The van der Waals surface area contributed by atoms with Crippen molar-refractivity contribution in [1.82, 2.24) is 10.2 Å². The second-order valence-electron chi connectivity index (χ2n) is 7.68. The Morgan fingerprint density at radius 1 is 1.12 bits per heavy atom. The van der Waals surface area contributed by atoms with Gasteiger partial charge in [0.2, 0.25) is 11.8 Å². The smallest absolute Gasteiger partial charge is 0.273 e. The fraction of sp³-hybridized carbons (Fsp3) is 0.417. The van der Waals surface area contributed by atoms with E-state index in [4.69, 9.17) is 4.74 Å². The Bertz CT molecular complexity index is 947. The molecule has 0 unspecified atom stereocenters. The van der Waals surface area contributed by atoms with Gasteiger partial charge in [0.15, 0.2) is 0 Å². The quantitative estimate of drug-likeness (QED) is 0.421. The van der Waals surface area contributed by atoms with Crippen LogP contribution < -0.4 is 10.1 Å². The highest BCUT2D eigenvalue weighted by atomic mass is 16.6. The highest BCUT2D eigenvalue weighted by Crippen LogP contribution is 2.22. The monoisotopic (exact) mass is 441 g/mol. The highest BCUT2D eigenvalue weighted by molar-refractivity contribution is 5.89. The normalized spacial score (nSPS) is 12.5. The van der Waals surface area contributed by atoms with E-state index in [0.29, 0.717) is 17.7 Å². The van der Waals surface area contributed by atoms with Crippen LogP contribution in [0.5, 0.6) is 5.75 Å². The van der Waals surface area contributed by atoms with Gasteiger partial charge in [0, 0.05) is 24.2 Å². The van der Waals surface area contributed by atoms with E-state index in [2.05, 4.69) is 5.32 Å². The highest BCUT2D eigenvalue weighted by Gasteiger charge is 2.30. The molecule has 0 saturated heterocycles. The van der Waals surface area contributed by atoms with Crippen LogP contribution in [0.25, 0.3) is 0 Å². The van der Waals surface area contributed by atoms with Gasteiger partial charge in [0.1, 0.15) is 11.8 Å². The largest absolute Gasteiger partial charge is 0.497 e. The number of para-hydroxylation sites is 1. The van der Waals surface area contributed by atoms with Crippen molar-refractivity contribution in [3.8, 4) is 5.75 Å². The van der Waals surface area contributed by atoms with Crippen molar-refractivity contribution in [3.63, 3.8) is 0 Å². The summed E-state index contributed by atoms with van der Waals surface area (Å²) in [5.74, 6) is 0.0552. The van der Waals surface area contributed by atoms with Crippen LogP contribution in [-0.4, -0.2) is 40.8 Å². The standard InChI is InChI=1S/C24H31N3O5/c1-5-17(3)25-24(29)21(6-2)26(16-18-10-9-12-20(14-18)32-4)23(28)15-19-11-7-8-13-22(19)27(30)31/h7-14,17,21H,5-6,15-16H2,1-4H3,(H,25,29)/t17-,21+/m1/s1. The summed E-state index contributed by atoms with van der Waals surface area (Å²) in [6.07, 6.45) is 1.01. The third kappa shape index (κ3) is 6.54. The summed E-state index contributed by atoms with van der Waals surface area (Å²) in [6, 6.07) is 12.7. The van der Waals surface area contributed by atoms with Crippen molar-refractivity contribution >= 4 is 17.5 Å². The summed E-state index contributed by atoms with van der Waals surface area (Å²) in [6.45, 7) is 5.91. The number of carbonyl (C=O) groups excluding carboxylic acids is 2. The molecule has 2 atom stereocenters. The first-order chi connectivity index (χ1) is 15.3. The minimum absolute atomic E-state index is 0.0273. The van der Waals surface area contributed by atoms with E-state index in [1.807, 2.05) is 39.0 Å². The van der Waals surface area contributed by atoms with Crippen LogP contribution in [0.1, 0.15) is 44.7 Å². The maximum atomic E-state index is 13.4. The van der Waals surface area contributed by atoms with E-state index in [9.17, 15) is 19.7 Å². The number of methoxy groups -OCH3 is 1. The van der Waals surface area contributed by atoms with Crippen molar-refractivity contribution in [2.45, 2.75) is 58.7 Å². The Balaban J connectivity index is 2.38. The molecule has 2 aromatic rings. The number of nitrogens with one attached hydrogen (secondary N) is 1.